The standard InChI is InChI=1S/C24H27N3O5S2/c1-27(2)34(31,32)22-15-13-20(14-16-22)18-25-24(28)23(17-19-9-5-3-6-10-19)26-33(29,30)21-11-7-4-8-12-21/h3-16,23,26H,17-18H2,1-2H3,(H,25,28). The van der Waals surface area contributed by atoms with Gasteiger partial charge in [0, 0.05) is 20.6 Å². The number of nitrogens with one attached hydrogen (secondary N) is 2. The fourth-order valence-electron chi connectivity index (χ4n) is 3.20. The molecule has 0 saturated heterocycles. The molecule has 0 radical (unpaired) electrons. The third kappa shape index (κ3) is 6.51. The van der Waals surface area contributed by atoms with Gasteiger partial charge in [0.1, 0.15) is 6.04 Å². The molecule has 10 heteroatoms. The van der Waals surface area contributed by atoms with Crippen molar-refractivity contribution >= 4 is 26.0 Å². The molecule has 0 aromatic heterocycles. The summed E-state index contributed by atoms with van der Waals surface area (Å²) in [6, 6.07) is 22.1. The van der Waals surface area contributed by atoms with Crippen LogP contribution < -0.4 is 10.0 Å². The molecule has 0 saturated carbocycles. The van der Waals surface area contributed by atoms with Crippen molar-refractivity contribution in [1.82, 2.24) is 14.3 Å². The Morgan fingerprint density at radius 2 is 1.32 bits per heavy atom. The zero-order valence-electron chi connectivity index (χ0n) is 18.9. The SMILES string of the molecule is CN(C)S(=O)(=O)c1ccc(CNC(=O)C(Cc2ccccc2)NS(=O)(=O)c2ccccc2)cc1. The Balaban J connectivity index is 1.75. The minimum atomic E-state index is -3.92. The minimum absolute atomic E-state index is 0.0681. The van der Waals surface area contributed by atoms with Crippen LogP contribution in [-0.2, 0) is 37.8 Å². The van der Waals surface area contributed by atoms with Gasteiger partial charge in [-0.05, 0) is 41.8 Å². The highest BCUT2D eigenvalue weighted by atomic mass is 32.2. The number of carbonyl (C=O) groups excluding carboxylic acids is 1. The normalized spacial score (nSPS) is 12.9. The average Bonchev–Trinajstić information content (AvgIpc) is 2.83. The van der Waals surface area contributed by atoms with E-state index in [0.29, 0.717) is 5.56 Å². The second kappa shape index (κ2) is 10.9. The lowest BCUT2D eigenvalue weighted by Gasteiger charge is -2.19. The molecule has 0 bridgehead atoms. The van der Waals surface area contributed by atoms with Gasteiger partial charge in [0.25, 0.3) is 0 Å². The highest BCUT2D eigenvalue weighted by Gasteiger charge is 2.26. The van der Waals surface area contributed by atoms with E-state index >= 15 is 0 Å². The molecule has 34 heavy (non-hydrogen) atoms. The Labute approximate surface area is 200 Å². The van der Waals surface area contributed by atoms with E-state index in [0.717, 1.165) is 9.87 Å². The van der Waals surface area contributed by atoms with E-state index in [-0.39, 0.29) is 22.8 Å². The predicted octanol–water partition coefficient (Wildman–Crippen LogP) is 2.14. The molecule has 0 fully saturated rings. The van der Waals surface area contributed by atoms with Gasteiger partial charge >= 0.3 is 0 Å². The quantitative estimate of drug-likeness (QED) is 0.442. The minimum Gasteiger partial charge on any atom is -0.351 e. The maximum atomic E-state index is 13.0. The molecule has 0 aliphatic rings. The number of carbonyl (C=O) groups is 1. The molecule has 2 N–H and O–H groups in total. The van der Waals surface area contributed by atoms with Crippen molar-refractivity contribution < 1.29 is 21.6 Å². The van der Waals surface area contributed by atoms with Gasteiger partial charge in [-0.15, -0.1) is 0 Å². The molecule has 3 rings (SSSR count). The molecule has 0 heterocycles. The summed E-state index contributed by atoms with van der Waals surface area (Å²) in [5.41, 5.74) is 1.48. The lowest BCUT2D eigenvalue weighted by Crippen LogP contribution is -2.47. The van der Waals surface area contributed by atoms with Crippen LogP contribution in [0.5, 0.6) is 0 Å². The Kier molecular flexibility index (Phi) is 8.21. The zero-order chi connectivity index (χ0) is 24.8. The van der Waals surface area contributed by atoms with Crippen molar-refractivity contribution in [2.45, 2.75) is 28.8 Å². The number of nitrogens with zero attached hydrogens (tertiary/aromatic N) is 1. The van der Waals surface area contributed by atoms with Crippen molar-refractivity contribution in [2.24, 2.45) is 0 Å². The van der Waals surface area contributed by atoms with E-state index in [9.17, 15) is 21.6 Å². The molecule has 8 nitrogen and oxygen atoms in total. The van der Waals surface area contributed by atoms with Gasteiger partial charge in [0.05, 0.1) is 9.79 Å². The lowest BCUT2D eigenvalue weighted by molar-refractivity contribution is -0.122. The highest BCUT2D eigenvalue weighted by Crippen LogP contribution is 2.15. The number of hydrogen-bond acceptors (Lipinski definition) is 5. The summed E-state index contributed by atoms with van der Waals surface area (Å²) in [7, 11) is -4.57. The van der Waals surface area contributed by atoms with Gasteiger partial charge < -0.3 is 5.32 Å². The van der Waals surface area contributed by atoms with Crippen molar-refractivity contribution in [3.8, 4) is 0 Å². The van der Waals surface area contributed by atoms with Crippen LogP contribution in [0.2, 0.25) is 0 Å². The van der Waals surface area contributed by atoms with Gasteiger partial charge in [0.15, 0.2) is 0 Å². The largest absolute Gasteiger partial charge is 0.351 e. The summed E-state index contributed by atoms with van der Waals surface area (Å²) in [4.78, 5) is 13.2. The summed E-state index contributed by atoms with van der Waals surface area (Å²) in [6.45, 7) is 0.111. The first-order chi connectivity index (χ1) is 16.1. The summed E-state index contributed by atoms with van der Waals surface area (Å²) < 4.78 is 53.8. The summed E-state index contributed by atoms with van der Waals surface area (Å²) in [5.74, 6) is -0.492. The number of benzene rings is 3. The Morgan fingerprint density at radius 1 is 0.765 bits per heavy atom. The predicted molar refractivity (Wildman–Crippen MR) is 130 cm³/mol. The van der Waals surface area contributed by atoms with Gasteiger partial charge in [-0.25, -0.2) is 21.1 Å². The molecular formula is C24H27N3O5S2. The number of amides is 1. The van der Waals surface area contributed by atoms with E-state index in [4.69, 9.17) is 0 Å². The van der Waals surface area contributed by atoms with E-state index < -0.39 is 32.0 Å². The number of rotatable bonds is 10. The lowest BCUT2D eigenvalue weighted by atomic mass is 10.1. The second-order valence-corrected chi connectivity index (χ2v) is 11.7. The molecule has 0 aliphatic carbocycles. The molecule has 0 aliphatic heterocycles. The number of sulfonamides is 2. The third-order valence-corrected chi connectivity index (χ3v) is 8.44. The van der Waals surface area contributed by atoms with E-state index in [2.05, 4.69) is 10.0 Å². The molecule has 1 unspecified atom stereocenters. The van der Waals surface area contributed by atoms with E-state index in [1.807, 2.05) is 30.3 Å². The molecule has 1 atom stereocenters. The van der Waals surface area contributed by atoms with Gasteiger partial charge in [-0.2, -0.15) is 4.72 Å². The summed E-state index contributed by atoms with van der Waals surface area (Å²) >= 11 is 0. The van der Waals surface area contributed by atoms with Crippen LogP contribution >= 0.6 is 0 Å². The van der Waals surface area contributed by atoms with Gasteiger partial charge in [-0.1, -0.05) is 60.7 Å². The van der Waals surface area contributed by atoms with Crippen LogP contribution in [0, 0.1) is 0 Å². The van der Waals surface area contributed by atoms with E-state index in [1.54, 1.807) is 30.3 Å². The van der Waals surface area contributed by atoms with Crippen molar-refractivity contribution in [1.29, 1.82) is 0 Å². The Morgan fingerprint density at radius 3 is 1.88 bits per heavy atom. The maximum Gasteiger partial charge on any atom is 0.242 e. The first-order valence-corrected chi connectivity index (χ1v) is 13.4. The summed E-state index contributed by atoms with van der Waals surface area (Å²) in [6.07, 6.45) is 0.165. The summed E-state index contributed by atoms with van der Waals surface area (Å²) in [5, 5.41) is 2.75. The van der Waals surface area contributed by atoms with Gasteiger partial charge in [-0.3, -0.25) is 4.79 Å². The van der Waals surface area contributed by atoms with Crippen molar-refractivity contribution in [2.75, 3.05) is 14.1 Å². The topological polar surface area (TPSA) is 113 Å². The fraction of sp³-hybridized carbons (Fsp3) is 0.208. The molecular weight excluding hydrogens is 474 g/mol. The van der Waals surface area contributed by atoms with Gasteiger partial charge in [0.2, 0.25) is 26.0 Å². The Hall–Kier alpha value is -3.05. The van der Waals surface area contributed by atoms with Crippen LogP contribution in [0.3, 0.4) is 0 Å². The second-order valence-electron chi connectivity index (χ2n) is 7.83. The van der Waals surface area contributed by atoms with E-state index in [1.165, 1.54) is 38.4 Å². The van der Waals surface area contributed by atoms with Crippen LogP contribution in [0.25, 0.3) is 0 Å². The molecule has 180 valence electrons. The fourth-order valence-corrected chi connectivity index (χ4v) is 5.31. The Bertz CT molecular complexity index is 1310. The highest BCUT2D eigenvalue weighted by molar-refractivity contribution is 7.89. The monoisotopic (exact) mass is 501 g/mol. The molecule has 3 aromatic rings. The van der Waals surface area contributed by atoms with Crippen LogP contribution in [-0.4, -0.2) is 47.2 Å². The van der Waals surface area contributed by atoms with Crippen molar-refractivity contribution in [3.63, 3.8) is 0 Å². The molecule has 1 amide bonds. The van der Waals surface area contributed by atoms with Crippen LogP contribution in [0.4, 0.5) is 0 Å². The molecule has 0 spiro atoms. The zero-order valence-corrected chi connectivity index (χ0v) is 20.5. The molecule has 3 aromatic carbocycles. The first kappa shape index (κ1) is 25.6. The smallest absolute Gasteiger partial charge is 0.242 e. The average molecular weight is 502 g/mol. The number of hydrogen-bond donors (Lipinski definition) is 2. The maximum absolute atomic E-state index is 13.0. The van der Waals surface area contributed by atoms with Crippen molar-refractivity contribution in [3.05, 3.63) is 96.1 Å². The third-order valence-electron chi connectivity index (χ3n) is 5.12. The van der Waals surface area contributed by atoms with Crippen LogP contribution in [0.1, 0.15) is 11.1 Å². The van der Waals surface area contributed by atoms with Crippen LogP contribution in [0.15, 0.2) is 94.7 Å². The first-order valence-electron chi connectivity index (χ1n) is 10.5.